The van der Waals surface area contributed by atoms with Gasteiger partial charge in [-0.05, 0) is 24.0 Å². The number of hydrogen-bond acceptors (Lipinski definition) is 3. The number of hydrogen-bond donors (Lipinski definition) is 1. The van der Waals surface area contributed by atoms with Crippen molar-refractivity contribution in [3.8, 4) is 17.3 Å². The zero-order chi connectivity index (χ0) is 10.7. The number of nitrogens with one attached hydrogen (secondary N) is 1. The van der Waals surface area contributed by atoms with E-state index in [9.17, 15) is 0 Å². The highest BCUT2D eigenvalue weighted by Crippen LogP contribution is 2.22. The summed E-state index contributed by atoms with van der Waals surface area (Å²) in [5, 5.41) is 0. The SMILES string of the molecule is COc1ncc(-c2ccc(SC)cc2)[nH]1. The lowest BCUT2D eigenvalue weighted by molar-refractivity contribution is 0.384. The third-order valence-electron chi connectivity index (χ3n) is 2.15. The molecule has 0 unspecified atom stereocenters. The summed E-state index contributed by atoms with van der Waals surface area (Å²) in [7, 11) is 1.60. The van der Waals surface area contributed by atoms with Gasteiger partial charge in [0.25, 0.3) is 6.01 Å². The van der Waals surface area contributed by atoms with Crippen LogP contribution >= 0.6 is 11.8 Å². The van der Waals surface area contributed by atoms with Crippen molar-refractivity contribution in [2.75, 3.05) is 13.4 Å². The van der Waals surface area contributed by atoms with Crippen LogP contribution in [0.25, 0.3) is 11.3 Å². The van der Waals surface area contributed by atoms with Gasteiger partial charge in [-0.15, -0.1) is 11.8 Å². The van der Waals surface area contributed by atoms with Crippen LogP contribution in [0.5, 0.6) is 6.01 Å². The van der Waals surface area contributed by atoms with Crippen molar-refractivity contribution in [1.29, 1.82) is 0 Å². The lowest BCUT2D eigenvalue weighted by Crippen LogP contribution is -1.83. The zero-order valence-corrected chi connectivity index (χ0v) is 9.47. The van der Waals surface area contributed by atoms with E-state index in [-0.39, 0.29) is 0 Å². The first-order chi connectivity index (χ1) is 7.33. The number of thioether (sulfide) groups is 1. The summed E-state index contributed by atoms with van der Waals surface area (Å²) in [4.78, 5) is 8.40. The Bertz CT molecular complexity index is 436. The molecule has 0 amide bonds. The summed E-state index contributed by atoms with van der Waals surface area (Å²) in [5.41, 5.74) is 2.09. The molecule has 0 saturated heterocycles. The van der Waals surface area contributed by atoms with Crippen LogP contribution < -0.4 is 4.74 Å². The molecule has 1 heterocycles. The van der Waals surface area contributed by atoms with Gasteiger partial charge >= 0.3 is 0 Å². The Morgan fingerprint density at radius 1 is 1.27 bits per heavy atom. The summed E-state index contributed by atoms with van der Waals surface area (Å²) in [6.45, 7) is 0. The van der Waals surface area contributed by atoms with Crippen molar-refractivity contribution in [2.45, 2.75) is 4.90 Å². The van der Waals surface area contributed by atoms with Crippen LogP contribution in [0.4, 0.5) is 0 Å². The fourth-order valence-electron chi connectivity index (χ4n) is 1.32. The Hall–Kier alpha value is -1.42. The number of aromatic nitrogens is 2. The van der Waals surface area contributed by atoms with Crippen LogP contribution in [0, 0.1) is 0 Å². The van der Waals surface area contributed by atoms with Crippen LogP contribution in [0.2, 0.25) is 0 Å². The number of rotatable bonds is 3. The number of nitrogens with zero attached hydrogens (tertiary/aromatic N) is 1. The Balaban J connectivity index is 2.28. The Morgan fingerprint density at radius 2 is 2.00 bits per heavy atom. The second-order valence-corrected chi connectivity index (χ2v) is 3.91. The molecule has 0 fully saturated rings. The molecule has 0 saturated carbocycles. The van der Waals surface area contributed by atoms with Crippen molar-refractivity contribution in [3.63, 3.8) is 0 Å². The number of methoxy groups -OCH3 is 1. The normalized spacial score (nSPS) is 10.3. The van der Waals surface area contributed by atoms with Gasteiger partial charge in [0.2, 0.25) is 0 Å². The van der Waals surface area contributed by atoms with Crippen LogP contribution in [-0.4, -0.2) is 23.3 Å². The Labute approximate surface area is 92.9 Å². The highest BCUT2D eigenvalue weighted by Gasteiger charge is 2.02. The van der Waals surface area contributed by atoms with Crippen LogP contribution in [0.1, 0.15) is 0 Å². The molecule has 3 nitrogen and oxygen atoms in total. The van der Waals surface area contributed by atoms with E-state index in [1.54, 1.807) is 25.1 Å². The molecule has 78 valence electrons. The summed E-state index contributed by atoms with van der Waals surface area (Å²) >= 11 is 1.73. The van der Waals surface area contributed by atoms with Crippen LogP contribution in [-0.2, 0) is 0 Å². The maximum atomic E-state index is 4.99. The number of imidazole rings is 1. The van der Waals surface area contributed by atoms with E-state index >= 15 is 0 Å². The monoisotopic (exact) mass is 220 g/mol. The van der Waals surface area contributed by atoms with E-state index < -0.39 is 0 Å². The molecular formula is C11H12N2OS. The second kappa shape index (κ2) is 4.40. The first-order valence-corrected chi connectivity index (χ1v) is 5.79. The number of ether oxygens (including phenoxy) is 1. The van der Waals surface area contributed by atoms with Gasteiger partial charge in [-0.2, -0.15) is 0 Å². The first-order valence-electron chi connectivity index (χ1n) is 4.57. The minimum absolute atomic E-state index is 0.541. The topological polar surface area (TPSA) is 37.9 Å². The lowest BCUT2D eigenvalue weighted by atomic mass is 10.2. The second-order valence-electron chi connectivity index (χ2n) is 3.03. The van der Waals surface area contributed by atoms with Crippen LogP contribution in [0.15, 0.2) is 35.4 Å². The maximum absolute atomic E-state index is 4.99. The standard InChI is InChI=1S/C11H12N2OS/c1-14-11-12-7-10(13-11)8-3-5-9(15-2)6-4-8/h3-7H,1-2H3,(H,12,13). The van der Waals surface area contributed by atoms with Gasteiger partial charge < -0.3 is 9.72 Å². The molecule has 2 rings (SSSR count). The number of aromatic amines is 1. The fourth-order valence-corrected chi connectivity index (χ4v) is 1.73. The maximum Gasteiger partial charge on any atom is 0.293 e. The molecule has 1 N–H and O–H groups in total. The van der Waals surface area contributed by atoms with Gasteiger partial charge in [-0.25, -0.2) is 4.98 Å². The molecule has 0 bridgehead atoms. The van der Waals surface area contributed by atoms with Gasteiger partial charge in [-0.1, -0.05) is 12.1 Å². The van der Waals surface area contributed by atoms with Crippen LogP contribution in [0.3, 0.4) is 0 Å². The lowest BCUT2D eigenvalue weighted by Gasteiger charge is -1.99. The Kier molecular flexibility index (Phi) is 2.97. The molecule has 15 heavy (non-hydrogen) atoms. The molecule has 0 aliphatic heterocycles. The van der Waals surface area contributed by atoms with E-state index in [0.717, 1.165) is 11.3 Å². The third-order valence-corrected chi connectivity index (χ3v) is 2.89. The minimum Gasteiger partial charge on any atom is -0.468 e. The highest BCUT2D eigenvalue weighted by molar-refractivity contribution is 7.98. The zero-order valence-electron chi connectivity index (χ0n) is 8.65. The predicted molar refractivity (Wildman–Crippen MR) is 62.4 cm³/mol. The molecule has 0 atom stereocenters. The van der Waals surface area contributed by atoms with Crippen molar-refractivity contribution in [2.24, 2.45) is 0 Å². The average molecular weight is 220 g/mol. The summed E-state index contributed by atoms with van der Waals surface area (Å²) in [6.07, 6.45) is 3.83. The summed E-state index contributed by atoms with van der Waals surface area (Å²) in [5.74, 6) is 0. The van der Waals surface area contributed by atoms with E-state index in [1.807, 2.05) is 0 Å². The molecule has 0 aliphatic rings. The molecule has 0 aliphatic carbocycles. The van der Waals surface area contributed by atoms with Gasteiger partial charge in [0, 0.05) is 4.90 Å². The van der Waals surface area contributed by atoms with Gasteiger partial charge in [0.05, 0.1) is 19.0 Å². The van der Waals surface area contributed by atoms with E-state index in [1.165, 1.54) is 4.90 Å². The molecule has 2 aromatic rings. The van der Waals surface area contributed by atoms with E-state index in [2.05, 4.69) is 40.5 Å². The quantitative estimate of drug-likeness (QED) is 0.808. The van der Waals surface area contributed by atoms with Crippen molar-refractivity contribution >= 4 is 11.8 Å². The van der Waals surface area contributed by atoms with E-state index in [4.69, 9.17) is 4.74 Å². The molecule has 1 aromatic carbocycles. The van der Waals surface area contributed by atoms with Crippen molar-refractivity contribution < 1.29 is 4.74 Å². The molecule has 1 aromatic heterocycles. The predicted octanol–water partition coefficient (Wildman–Crippen LogP) is 2.81. The smallest absolute Gasteiger partial charge is 0.293 e. The largest absolute Gasteiger partial charge is 0.468 e. The summed E-state index contributed by atoms with van der Waals surface area (Å²) < 4.78 is 4.99. The summed E-state index contributed by atoms with van der Waals surface area (Å²) in [6, 6.07) is 8.86. The van der Waals surface area contributed by atoms with Gasteiger partial charge in [0.15, 0.2) is 0 Å². The Morgan fingerprint density at radius 3 is 2.53 bits per heavy atom. The first kappa shape index (κ1) is 10.1. The highest BCUT2D eigenvalue weighted by atomic mass is 32.2. The molecule has 4 heteroatoms. The number of benzene rings is 1. The molecule has 0 spiro atoms. The average Bonchev–Trinajstić information content (AvgIpc) is 2.78. The molecular weight excluding hydrogens is 208 g/mol. The fraction of sp³-hybridized carbons (Fsp3) is 0.182. The van der Waals surface area contributed by atoms with E-state index in [0.29, 0.717) is 6.01 Å². The van der Waals surface area contributed by atoms with Crippen molar-refractivity contribution in [1.82, 2.24) is 9.97 Å². The third kappa shape index (κ3) is 2.15. The number of H-pyrrole nitrogens is 1. The van der Waals surface area contributed by atoms with Gasteiger partial charge in [-0.3, -0.25) is 0 Å². The van der Waals surface area contributed by atoms with Gasteiger partial charge in [0.1, 0.15) is 0 Å². The molecule has 0 radical (unpaired) electrons. The van der Waals surface area contributed by atoms with Crippen molar-refractivity contribution in [3.05, 3.63) is 30.5 Å². The minimum atomic E-state index is 0.541.